The number of halogens is 1. The fourth-order valence-electron chi connectivity index (χ4n) is 2.50. The molecule has 0 amide bonds. The van der Waals surface area contributed by atoms with E-state index in [2.05, 4.69) is 64.0 Å². The summed E-state index contributed by atoms with van der Waals surface area (Å²) in [6.45, 7) is 12.2. The zero-order chi connectivity index (χ0) is 16.0. The molecule has 0 radical (unpaired) electrons. The summed E-state index contributed by atoms with van der Waals surface area (Å²) < 4.78 is 0. The van der Waals surface area contributed by atoms with Crippen LogP contribution in [-0.4, -0.2) is 30.1 Å². The molecule has 21 heavy (non-hydrogen) atoms. The van der Waals surface area contributed by atoms with Gasteiger partial charge in [0.15, 0.2) is 0 Å². The van der Waals surface area contributed by atoms with Crippen molar-refractivity contribution in [3.8, 4) is 0 Å². The van der Waals surface area contributed by atoms with E-state index >= 15 is 0 Å². The molecule has 2 unspecified atom stereocenters. The van der Waals surface area contributed by atoms with Crippen molar-refractivity contribution in [2.24, 2.45) is 0 Å². The Labute approximate surface area is 135 Å². The molecule has 1 aromatic rings. The van der Waals surface area contributed by atoms with Crippen molar-refractivity contribution in [3.05, 3.63) is 34.9 Å². The van der Waals surface area contributed by atoms with Gasteiger partial charge in [-0.2, -0.15) is 0 Å². The molecule has 0 aromatic heterocycles. The van der Waals surface area contributed by atoms with Crippen LogP contribution in [0.3, 0.4) is 0 Å². The fourth-order valence-corrected chi connectivity index (χ4v) is 2.63. The number of hydrogen-bond acceptors (Lipinski definition) is 2. The molecular formula is C18H31ClN2. The minimum absolute atomic E-state index is 0.163. The smallest absolute Gasteiger partial charge is 0.0406 e. The van der Waals surface area contributed by atoms with Gasteiger partial charge in [-0.1, -0.05) is 37.1 Å². The van der Waals surface area contributed by atoms with E-state index in [0.717, 1.165) is 11.6 Å². The van der Waals surface area contributed by atoms with Gasteiger partial charge in [-0.15, -0.1) is 0 Å². The van der Waals surface area contributed by atoms with Gasteiger partial charge in [0.25, 0.3) is 0 Å². The number of benzene rings is 1. The highest BCUT2D eigenvalue weighted by Crippen LogP contribution is 2.24. The second kappa shape index (κ2) is 8.17. The minimum atomic E-state index is 0.163. The summed E-state index contributed by atoms with van der Waals surface area (Å²) in [5.74, 6) is 0. The van der Waals surface area contributed by atoms with Gasteiger partial charge in [0.05, 0.1) is 0 Å². The summed E-state index contributed by atoms with van der Waals surface area (Å²) in [6.07, 6.45) is 2.41. The first-order valence-electron chi connectivity index (χ1n) is 7.97. The number of nitrogens with zero attached hydrogens (tertiary/aromatic N) is 1. The van der Waals surface area contributed by atoms with Crippen molar-refractivity contribution in [1.82, 2.24) is 10.2 Å². The summed E-state index contributed by atoms with van der Waals surface area (Å²) in [5, 5.41) is 4.44. The van der Waals surface area contributed by atoms with Crippen molar-refractivity contribution in [1.29, 1.82) is 0 Å². The third-order valence-electron chi connectivity index (χ3n) is 4.03. The Hall–Kier alpha value is -0.570. The Morgan fingerprint density at radius 1 is 1.19 bits per heavy atom. The van der Waals surface area contributed by atoms with E-state index in [4.69, 9.17) is 11.6 Å². The third kappa shape index (κ3) is 6.37. The molecule has 0 aliphatic heterocycles. The molecule has 0 fully saturated rings. The second-order valence-corrected chi connectivity index (χ2v) is 7.40. The van der Waals surface area contributed by atoms with Crippen LogP contribution in [0, 0.1) is 0 Å². The molecule has 0 saturated carbocycles. The Kier molecular flexibility index (Phi) is 7.19. The van der Waals surface area contributed by atoms with Gasteiger partial charge >= 0.3 is 0 Å². The van der Waals surface area contributed by atoms with Gasteiger partial charge in [-0.05, 0) is 58.9 Å². The number of rotatable bonds is 7. The lowest BCUT2D eigenvalue weighted by atomic mass is 10.0. The molecule has 0 heterocycles. The second-order valence-electron chi connectivity index (χ2n) is 6.97. The Bertz CT molecular complexity index is 408. The Morgan fingerprint density at radius 3 is 2.24 bits per heavy atom. The van der Waals surface area contributed by atoms with Crippen LogP contribution in [0.2, 0.25) is 5.02 Å². The molecule has 3 heteroatoms. The average molecular weight is 311 g/mol. The number of likely N-dealkylation sites (N-methyl/N-ethyl adjacent to an activating group) is 1. The molecule has 120 valence electrons. The Balaban J connectivity index is 2.74. The summed E-state index contributed by atoms with van der Waals surface area (Å²) in [7, 11) is 2.23. The van der Waals surface area contributed by atoms with Crippen LogP contribution in [0.15, 0.2) is 24.3 Å². The molecular weight excluding hydrogens is 280 g/mol. The maximum atomic E-state index is 5.98. The van der Waals surface area contributed by atoms with Gasteiger partial charge in [-0.25, -0.2) is 0 Å². The Morgan fingerprint density at radius 2 is 1.76 bits per heavy atom. The first-order chi connectivity index (χ1) is 9.74. The summed E-state index contributed by atoms with van der Waals surface area (Å²) in [5.41, 5.74) is 1.48. The molecule has 0 aliphatic carbocycles. The predicted octanol–water partition coefficient (Wildman–Crippen LogP) is 4.89. The van der Waals surface area contributed by atoms with E-state index in [-0.39, 0.29) is 5.54 Å². The quantitative estimate of drug-likeness (QED) is 0.771. The largest absolute Gasteiger partial charge is 0.311 e. The molecule has 0 saturated heterocycles. The average Bonchev–Trinajstić information content (AvgIpc) is 2.41. The van der Waals surface area contributed by atoms with E-state index in [1.54, 1.807) is 0 Å². The van der Waals surface area contributed by atoms with Crippen molar-refractivity contribution in [2.45, 2.75) is 65.1 Å². The molecule has 1 rings (SSSR count). The lowest BCUT2D eigenvalue weighted by Crippen LogP contribution is -2.47. The van der Waals surface area contributed by atoms with E-state index in [9.17, 15) is 0 Å². The van der Waals surface area contributed by atoms with Crippen molar-refractivity contribution in [2.75, 3.05) is 13.6 Å². The first-order valence-corrected chi connectivity index (χ1v) is 8.35. The summed E-state index contributed by atoms with van der Waals surface area (Å²) >= 11 is 5.98. The lowest BCUT2D eigenvalue weighted by Gasteiger charge is -2.35. The van der Waals surface area contributed by atoms with Gasteiger partial charge in [0.2, 0.25) is 0 Å². The van der Waals surface area contributed by atoms with E-state index in [1.807, 2.05) is 12.1 Å². The molecule has 0 aliphatic rings. The van der Waals surface area contributed by atoms with Crippen LogP contribution in [-0.2, 0) is 0 Å². The monoisotopic (exact) mass is 310 g/mol. The van der Waals surface area contributed by atoms with Crippen LogP contribution in [0.4, 0.5) is 0 Å². The standard InChI is InChI=1S/C18H31ClN2/c1-7-8-17(13-20-18(3,4)5)21(6)14(2)15-9-11-16(19)12-10-15/h9-12,14,17,20H,7-8,13H2,1-6H3. The van der Waals surface area contributed by atoms with Crippen molar-refractivity contribution in [3.63, 3.8) is 0 Å². The summed E-state index contributed by atoms with van der Waals surface area (Å²) in [4.78, 5) is 2.48. The van der Waals surface area contributed by atoms with Crippen LogP contribution < -0.4 is 5.32 Å². The van der Waals surface area contributed by atoms with Gasteiger partial charge < -0.3 is 5.32 Å². The fraction of sp³-hybridized carbons (Fsp3) is 0.667. The van der Waals surface area contributed by atoms with E-state index in [0.29, 0.717) is 12.1 Å². The number of hydrogen-bond donors (Lipinski definition) is 1. The maximum Gasteiger partial charge on any atom is 0.0406 e. The van der Waals surface area contributed by atoms with Crippen LogP contribution in [0.25, 0.3) is 0 Å². The highest BCUT2D eigenvalue weighted by molar-refractivity contribution is 6.30. The van der Waals surface area contributed by atoms with Gasteiger partial charge in [-0.3, -0.25) is 4.90 Å². The summed E-state index contributed by atoms with van der Waals surface area (Å²) in [6, 6.07) is 9.14. The zero-order valence-corrected chi connectivity index (χ0v) is 15.2. The van der Waals surface area contributed by atoms with E-state index in [1.165, 1.54) is 18.4 Å². The topological polar surface area (TPSA) is 15.3 Å². The minimum Gasteiger partial charge on any atom is -0.311 e. The maximum absolute atomic E-state index is 5.98. The molecule has 2 atom stereocenters. The SMILES string of the molecule is CCCC(CNC(C)(C)C)N(C)C(C)c1ccc(Cl)cc1. The van der Waals surface area contributed by atoms with Crippen molar-refractivity contribution >= 4 is 11.6 Å². The zero-order valence-electron chi connectivity index (χ0n) is 14.4. The molecule has 0 bridgehead atoms. The van der Waals surface area contributed by atoms with Gasteiger partial charge in [0, 0.05) is 29.2 Å². The highest BCUT2D eigenvalue weighted by Gasteiger charge is 2.22. The molecule has 0 spiro atoms. The normalized spacial score (nSPS) is 15.2. The van der Waals surface area contributed by atoms with Crippen LogP contribution in [0.1, 0.15) is 59.1 Å². The van der Waals surface area contributed by atoms with E-state index < -0.39 is 0 Å². The van der Waals surface area contributed by atoms with Crippen LogP contribution >= 0.6 is 11.6 Å². The molecule has 2 nitrogen and oxygen atoms in total. The third-order valence-corrected chi connectivity index (χ3v) is 4.28. The van der Waals surface area contributed by atoms with Crippen molar-refractivity contribution < 1.29 is 0 Å². The molecule has 1 aromatic carbocycles. The number of nitrogens with one attached hydrogen (secondary N) is 1. The lowest BCUT2D eigenvalue weighted by molar-refractivity contribution is 0.162. The predicted molar refractivity (Wildman–Crippen MR) is 94.1 cm³/mol. The molecule has 1 N–H and O–H groups in total. The highest BCUT2D eigenvalue weighted by atomic mass is 35.5. The van der Waals surface area contributed by atoms with Crippen LogP contribution in [0.5, 0.6) is 0 Å². The van der Waals surface area contributed by atoms with Gasteiger partial charge in [0.1, 0.15) is 0 Å². The first kappa shape index (κ1) is 18.5.